The molecule has 3 aromatic heterocycles. The molecule has 0 saturated carbocycles. The highest BCUT2D eigenvalue weighted by Gasteiger charge is 2.23. The summed E-state index contributed by atoms with van der Waals surface area (Å²) < 4.78 is 0.949. The van der Waals surface area contributed by atoms with E-state index in [4.69, 9.17) is 5.73 Å². The zero-order valence-electron chi connectivity index (χ0n) is 18.6. The standard InChI is InChI=1S/C25H22BrN7O2/c1-11(18-9-31-25(27)33-18)13-4-5-20(34)23-21(13)16(8-29-23)19-10-30-22(24(35)32-19)15-7-28-17-6-12(26)2-3-14(15)17/h2-11,25,28-29,31,33-34H,27H2,1H3,(H,32,35). The molecule has 176 valence electrons. The second-order valence-corrected chi connectivity index (χ2v) is 9.52. The number of aromatic amines is 3. The van der Waals surface area contributed by atoms with Crippen molar-refractivity contribution >= 4 is 37.7 Å². The number of phenolic OH excluding ortho intramolecular Hbond substituents is 1. The number of aromatic hydroxyl groups is 1. The lowest BCUT2D eigenvalue weighted by molar-refractivity contribution is 0.480. The molecule has 0 spiro atoms. The summed E-state index contributed by atoms with van der Waals surface area (Å²) in [7, 11) is 0. The van der Waals surface area contributed by atoms with Crippen LogP contribution >= 0.6 is 15.9 Å². The van der Waals surface area contributed by atoms with Gasteiger partial charge in [-0.15, -0.1) is 0 Å². The number of aromatic nitrogens is 4. The molecule has 10 heteroatoms. The van der Waals surface area contributed by atoms with Crippen LogP contribution in [0.5, 0.6) is 5.75 Å². The van der Waals surface area contributed by atoms with Gasteiger partial charge < -0.3 is 30.7 Å². The lowest BCUT2D eigenvalue weighted by Gasteiger charge is -2.17. The summed E-state index contributed by atoms with van der Waals surface area (Å²) in [4.78, 5) is 27.0. The first-order chi connectivity index (χ1) is 16.9. The maximum absolute atomic E-state index is 13.2. The summed E-state index contributed by atoms with van der Waals surface area (Å²) in [5.74, 6) is 0.0838. The number of nitrogens with two attached hydrogens (primary N) is 1. The molecule has 0 amide bonds. The number of H-pyrrole nitrogens is 3. The van der Waals surface area contributed by atoms with Crippen molar-refractivity contribution in [3.8, 4) is 28.3 Å². The first kappa shape index (κ1) is 21.5. The van der Waals surface area contributed by atoms with E-state index in [0.29, 0.717) is 16.9 Å². The molecular formula is C25H22BrN7O2. The number of rotatable bonds is 4. The highest BCUT2D eigenvalue weighted by atomic mass is 79.9. The molecule has 0 saturated heterocycles. The SMILES string of the molecule is CC(C1=CNC(N)N1)c1ccc(O)c2[nH]cc(-c3cnc(-c4c[nH]c5cc(Br)ccc45)c(=O)[nH]3)c12. The van der Waals surface area contributed by atoms with Crippen LogP contribution in [0, 0.1) is 0 Å². The van der Waals surface area contributed by atoms with E-state index in [9.17, 15) is 9.90 Å². The minimum absolute atomic E-state index is 0.0433. The predicted octanol–water partition coefficient (Wildman–Crippen LogP) is 3.91. The molecule has 2 atom stereocenters. The van der Waals surface area contributed by atoms with Gasteiger partial charge in [0, 0.05) is 62.1 Å². The molecule has 0 aliphatic carbocycles. The van der Waals surface area contributed by atoms with Gasteiger partial charge in [-0.05, 0) is 23.8 Å². The Morgan fingerprint density at radius 2 is 1.97 bits per heavy atom. The minimum atomic E-state index is -0.343. The maximum Gasteiger partial charge on any atom is 0.275 e. The molecule has 35 heavy (non-hydrogen) atoms. The van der Waals surface area contributed by atoms with Crippen molar-refractivity contribution < 1.29 is 5.11 Å². The molecule has 1 aliphatic heterocycles. The Kier molecular flexibility index (Phi) is 4.94. The van der Waals surface area contributed by atoms with Crippen molar-refractivity contribution in [3.05, 3.63) is 81.2 Å². The predicted molar refractivity (Wildman–Crippen MR) is 140 cm³/mol. The molecule has 2 aromatic carbocycles. The van der Waals surface area contributed by atoms with Gasteiger partial charge in [0.2, 0.25) is 0 Å². The third-order valence-electron chi connectivity index (χ3n) is 6.49. The van der Waals surface area contributed by atoms with Gasteiger partial charge in [-0.2, -0.15) is 0 Å². The van der Waals surface area contributed by atoms with Crippen molar-refractivity contribution in [2.75, 3.05) is 0 Å². The number of fused-ring (bicyclic) bond motifs is 2. The molecule has 0 fully saturated rings. The highest BCUT2D eigenvalue weighted by molar-refractivity contribution is 9.10. The van der Waals surface area contributed by atoms with Crippen LogP contribution in [0.4, 0.5) is 0 Å². The zero-order valence-corrected chi connectivity index (χ0v) is 20.2. The van der Waals surface area contributed by atoms with Crippen LogP contribution in [0.2, 0.25) is 0 Å². The van der Waals surface area contributed by atoms with Crippen LogP contribution in [0.1, 0.15) is 18.4 Å². The summed E-state index contributed by atoms with van der Waals surface area (Å²) >= 11 is 3.47. The van der Waals surface area contributed by atoms with Gasteiger partial charge >= 0.3 is 0 Å². The Morgan fingerprint density at radius 1 is 1.14 bits per heavy atom. The number of hydrogen-bond donors (Lipinski definition) is 7. The van der Waals surface area contributed by atoms with E-state index in [-0.39, 0.29) is 23.5 Å². The van der Waals surface area contributed by atoms with Gasteiger partial charge in [0.15, 0.2) is 0 Å². The van der Waals surface area contributed by atoms with E-state index in [2.05, 4.69) is 53.4 Å². The Hall–Kier alpha value is -4.02. The molecule has 4 heterocycles. The molecule has 5 aromatic rings. The molecule has 6 rings (SSSR count). The monoisotopic (exact) mass is 531 g/mol. The van der Waals surface area contributed by atoms with Crippen molar-refractivity contribution in [1.29, 1.82) is 0 Å². The normalized spacial score (nSPS) is 16.3. The molecule has 1 aliphatic rings. The fourth-order valence-corrected chi connectivity index (χ4v) is 5.08. The highest BCUT2D eigenvalue weighted by Crippen LogP contribution is 2.39. The van der Waals surface area contributed by atoms with Crippen molar-refractivity contribution in [1.82, 2.24) is 30.6 Å². The number of allylic oxidation sites excluding steroid dienone is 1. The number of hydrogen-bond acceptors (Lipinski definition) is 6. The van der Waals surface area contributed by atoms with Crippen LogP contribution in [0.3, 0.4) is 0 Å². The molecule has 2 unspecified atom stereocenters. The third-order valence-corrected chi connectivity index (χ3v) is 6.99. The Balaban J connectivity index is 1.47. The summed E-state index contributed by atoms with van der Waals surface area (Å²) in [5.41, 5.74) is 11.4. The average molecular weight is 532 g/mol. The summed E-state index contributed by atoms with van der Waals surface area (Å²) in [6.45, 7) is 2.06. The quantitative estimate of drug-likeness (QED) is 0.187. The first-order valence-corrected chi connectivity index (χ1v) is 11.9. The van der Waals surface area contributed by atoms with E-state index in [1.807, 2.05) is 30.5 Å². The van der Waals surface area contributed by atoms with Gasteiger partial charge in [0.1, 0.15) is 17.7 Å². The number of benzene rings is 2. The van der Waals surface area contributed by atoms with Crippen LogP contribution in [0.25, 0.3) is 44.3 Å². The summed E-state index contributed by atoms with van der Waals surface area (Å²) in [6, 6.07) is 9.38. The number of nitrogens with one attached hydrogen (secondary N) is 5. The molecule has 8 N–H and O–H groups in total. The molecular weight excluding hydrogens is 510 g/mol. The van der Waals surface area contributed by atoms with Crippen molar-refractivity contribution in [3.63, 3.8) is 0 Å². The van der Waals surface area contributed by atoms with Gasteiger partial charge in [-0.25, -0.2) is 4.98 Å². The van der Waals surface area contributed by atoms with E-state index >= 15 is 0 Å². The molecule has 0 bridgehead atoms. The summed E-state index contributed by atoms with van der Waals surface area (Å²) in [6.07, 6.45) is 6.73. The zero-order chi connectivity index (χ0) is 24.3. The first-order valence-electron chi connectivity index (χ1n) is 11.1. The fourth-order valence-electron chi connectivity index (χ4n) is 4.72. The van der Waals surface area contributed by atoms with Crippen molar-refractivity contribution in [2.24, 2.45) is 5.73 Å². The Labute approximate surface area is 207 Å². The summed E-state index contributed by atoms with van der Waals surface area (Å²) in [5, 5.41) is 18.5. The van der Waals surface area contributed by atoms with Crippen LogP contribution in [-0.4, -0.2) is 31.3 Å². The van der Waals surface area contributed by atoms with E-state index in [0.717, 1.165) is 43.1 Å². The minimum Gasteiger partial charge on any atom is -0.506 e. The smallest absolute Gasteiger partial charge is 0.275 e. The second kappa shape index (κ2) is 8.03. The van der Waals surface area contributed by atoms with Gasteiger partial charge in [0.05, 0.1) is 17.4 Å². The van der Waals surface area contributed by atoms with E-state index < -0.39 is 0 Å². The Morgan fingerprint density at radius 3 is 2.74 bits per heavy atom. The van der Waals surface area contributed by atoms with Gasteiger partial charge in [-0.1, -0.05) is 35.0 Å². The van der Waals surface area contributed by atoms with Crippen LogP contribution in [0.15, 0.2) is 70.1 Å². The maximum atomic E-state index is 13.2. The second-order valence-electron chi connectivity index (χ2n) is 8.60. The largest absolute Gasteiger partial charge is 0.506 e. The fraction of sp³-hybridized carbons (Fsp3) is 0.120. The number of nitrogens with zero attached hydrogens (tertiary/aromatic N) is 1. The van der Waals surface area contributed by atoms with Gasteiger partial charge in [0.25, 0.3) is 5.56 Å². The average Bonchev–Trinajstić information content (AvgIpc) is 3.57. The van der Waals surface area contributed by atoms with Crippen LogP contribution < -0.4 is 21.9 Å². The van der Waals surface area contributed by atoms with Gasteiger partial charge in [-0.3, -0.25) is 10.5 Å². The van der Waals surface area contributed by atoms with E-state index in [1.54, 1.807) is 24.7 Å². The Bertz CT molecular complexity index is 1700. The number of halogens is 1. The van der Waals surface area contributed by atoms with E-state index in [1.165, 1.54) is 0 Å². The number of phenols is 1. The van der Waals surface area contributed by atoms with Crippen molar-refractivity contribution in [2.45, 2.75) is 19.1 Å². The third kappa shape index (κ3) is 3.49. The lowest BCUT2D eigenvalue weighted by Crippen LogP contribution is -2.41. The molecule has 0 radical (unpaired) electrons. The topological polar surface area (TPSA) is 148 Å². The van der Waals surface area contributed by atoms with Crippen LogP contribution in [-0.2, 0) is 0 Å². The molecule has 9 nitrogen and oxygen atoms in total. The lowest BCUT2D eigenvalue weighted by atomic mass is 9.92.